The summed E-state index contributed by atoms with van der Waals surface area (Å²) in [6.45, 7) is 0. The Morgan fingerprint density at radius 1 is 0.958 bits per heavy atom. The number of nitrogens with zero attached hydrogens (tertiary/aromatic N) is 2. The first kappa shape index (κ1) is 14.3. The second-order valence-corrected chi connectivity index (χ2v) is 5.31. The van der Waals surface area contributed by atoms with Gasteiger partial charge in [-0.05, 0) is 18.2 Å². The summed E-state index contributed by atoms with van der Waals surface area (Å²) in [6, 6.07) is 13.7. The minimum Gasteiger partial charge on any atom is -0.493 e. The number of methoxy groups -OCH3 is 2. The average molecular weight is 320 g/mol. The number of para-hydroxylation sites is 1. The van der Waals surface area contributed by atoms with Crippen LogP contribution in [0.3, 0.4) is 0 Å². The number of H-pyrrole nitrogens is 1. The Kier molecular flexibility index (Phi) is 3.42. The number of fused-ring (bicyclic) bond motifs is 3. The highest BCUT2D eigenvalue weighted by atomic mass is 16.5. The second-order valence-electron chi connectivity index (χ2n) is 5.31. The van der Waals surface area contributed by atoms with E-state index in [9.17, 15) is 0 Å². The van der Waals surface area contributed by atoms with Gasteiger partial charge in [-0.2, -0.15) is 0 Å². The molecule has 6 nitrogen and oxygen atoms in total. The Bertz CT molecular complexity index is 1010. The van der Waals surface area contributed by atoms with Crippen molar-refractivity contribution in [3.8, 4) is 11.5 Å². The maximum absolute atomic E-state index is 5.39. The van der Waals surface area contributed by atoms with Crippen molar-refractivity contribution < 1.29 is 9.47 Å². The molecule has 0 aliphatic carbocycles. The standard InChI is InChI=1S/C18H16N4O2/c1-23-14-8-12-13(9-15(14)24-2)22-17-16(12)19-10-20-18(17)21-11-6-4-3-5-7-11/h3-10,22H,1-2H3,(H,19,20,21). The molecule has 0 saturated heterocycles. The van der Waals surface area contributed by atoms with Gasteiger partial charge in [-0.1, -0.05) is 18.2 Å². The number of anilines is 2. The van der Waals surface area contributed by atoms with Crippen LogP contribution in [0, 0.1) is 0 Å². The fourth-order valence-corrected chi connectivity index (χ4v) is 2.77. The summed E-state index contributed by atoms with van der Waals surface area (Å²) in [7, 11) is 3.24. The van der Waals surface area contributed by atoms with E-state index in [2.05, 4.69) is 20.3 Å². The zero-order valence-electron chi connectivity index (χ0n) is 13.3. The third-order valence-corrected chi connectivity index (χ3v) is 3.92. The van der Waals surface area contributed by atoms with Crippen molar-refractivity contribution in [2.75, 3.05) is 19.5 Å². The quantitative estimate of drug-likeness (QED) is 0.597. The summed E-state index contributed by atoms with van der Waals surface area (Å²) in [5.74, 6) is 2.06. The van der Waals surface area contributed by atoms with Crippen LogP contribution < -0.4 is 14.8 Å². The predicted octanol–water partition coefficient (Wildman–Crippen LogP) is 3.87. The van der Waals surface area contributed by atoms with E-state index in [1.807, 2.05) is 42.5 Å². The van der Waals surface area contributed by atoms with E-state index in [1.54, 1.807) is 20.5 Å². The molecule has 120 valence electrons. The lowest BCUT2D eigenvalue weighted by molar-refractivity contribution is 0.356. The largest absolute Gasteiger partial charge is 0.493 e. The Morgan fingerprint density at radius 2 is 1.71 bits per heavy atom. The van der Waals surface area contributed by atoms with Gasteiger partial charge in [0.1, 0.15) is 17.4 Å². The fourth-order valence-electron chi connectivity index (χ4n) is 2.77. The van der Waals surface area contributed by atoms with Crippen molar-refractivity contribution in [3.05, 3.63) is 48.8 Å². The van der Waals surface area contributed by atoms with Gasteiger partial charge in [-0.3, -0.25) is 0 Å². The summed E-state index contributed by atoms with van der Waals surface area (Å²) in [5, 5.41) is 4.28. The minimum absolute atomic E-state index is 0.669. The molecule has 4 aromatic rings. The molecule has 0 unspecified atom stereocenters. The molecule has 0 radical (unpaired) electrons. The molecule has 2 aromatic heterocycles. The predicted molar refractivity (Wildman–Crippen MR) is 94.2 cm³/mol. The zero-order chi connectivity index (χ0) is 16.5. The van der Waals surface area contributed by atoms with Crippen LogP contribution in [0.15, 0.2) is 48.8 Å². The maximum Gasteiger partial charge on any atom is 0.162 e. The summed E-state index contributed by atoms with van der Waals surface area (Å²) in [4.78, 5) is 12.2. The molecule has 6 heteroatoms. The molecule has 0 atom stereocenters. The lowest BCUT2D eigenvalue weighted by atomic mass is 10.2. The van der Waals surface area contributed by atoms with Gasteiger partial charge in [-0.15, -0.1) is 0 Å². The highest BCUT2D eigenvalue weighted by Gasteiger charge is 2.14. The van der Waals surface area contributed by atoms with E-state index in [1.165, 1.54) is 0 Å². The first-order chi connectivity index (χ1) is 11.8. The lowest BCUT2D eigenvalue weighted by Crippen LogP contribution is -1.95. The van der Waals surface area contributed by atoms with Crippen LogP contribution in [-0.2, 0) is 0 Å². The highest BCUT2D eigenvalue weighted by molar-refractivity contribution is 6.09. The van der Waals surface area contributed by atoms with Crippen LogP contribution in [0.2, 0.25) is 0 Å². The van der Waals surface area contributed by atoms with Crippen LogP contribution in [0.1, 0.15) is 0 Å². The third kappa shape index (κ3) is 2.28. The van der Waals surface area contributed by atoms with E-state index >= 15 is 0 Å². The van der Waals surface area contributed by atoms with E-state index in [0.717, 1.165) is 33.4 Å². The number of ether oxygens (including phenoxy) is 2. The topological polar surface area (TPSA) is 72.1 Å². The van der Waals surface area contributed by atoms with E-state index < -0.39 is 0 Å². The molecular weight excluding hydrogens is 304 g/mol. The van der Waals surface area contributed by atoms with Crippen LogP contribution >= 0.6 is 0 Å². The molecule has 0 aliphatic rings. The summed E-state index contributed by atoms with van der Waals surface area (Å²) in [6.07, 6.45) is 1.55. The monoisotopic (exact) mass is 320 g/mol. The van der Waals surface area contributed by atoms with Gasteiger partial charge in [0.05, 0.1) is 19.7 Å². The first-order valence-corrected chi connectivity index (χ1v) is 7.50. The van der Waals surface area contributed by atoms with Crippen LogP contribution in [0.25, 0.3) is 21.9 Å². The Morgan fingerprint density at radius 3 is 2.46 bits per heavy atom. The van der Waals surface area contributed by atoms with Crippen molar-refractivity contribution >= 4 is 33.4 Å². The number of aromatic nitrogens is 3. The molecular formula is C18H16N4O2. The van der Waals surface area contributed by atoms with E-state index in [4.69, 9.17) is 9.47 Å². The molecule has 24 heavy (non-hydrogen) atoms. The SMILES string of the molecule is COc1cc2[nH]c3c(Nc4ccccc4)ncnc3c2cc1OC. The van der Waals surface area contributed by atoms with Crippen molar-refractivity contribution in [3.63, 3.8) is 0 Å². The number of rotatable bonds is 4. The molecule has 2 aromatic carbocycles. The number of hydrogen-bond donors (Lipinski definition) is 2. The van der Waals surface area contributed by atoms with Crippen LogP contribution in [0.5, 0.6) is 11.5 Å². The number of nitrogens with one attached hydrogen (secondary N) is 2. The van der Waals surface area contributed by atoms with Crippen LogP contribution in [0.4, 0.5) is 11.5 Å². The van der Waals surface area contributed by atoms with Crippen molar-refractivity contribution in [1.82, 2.24) is 15.0 Å². The smallest absolute Gasteiger partial charge is 0.162 e. The lowest BCUT2D eigenvalue weighted by Gasteiger charge is -2.06. The van der Waals surface area contributed by atoms with Gasteiger partial charge in [0.25, 0.3) is 0 Å². The normalized spacial score (nSPS) is 10.9. The van der Waals surface area contributed by atoms with Crippen LogP contribution in [-0.4, -0.2) is 29.2 Å². The first-order valence-electron chi connectivity index (χ1n) is 7.50. The maximum atomic E-state index is 5.39. The molecule has 0 bridgehead atoms. The molecule has 0 spiro atoms. The molecule has 2 N–H and O–H groups in total. The van der Waals surface area contributed by atoms with Crippen molar-refractivity contribution in [2.24, 2.45) is 0 Å². The summed E-state index contributed by atoms with van der Waals surface area (Å²) < 4.78 is 10.8. The van der Waals surface area contributed by atoms with Gasteiger partial charge in [0.15, 0.2) is 17.3 Å². The molecule has 0 fully saturated rings. The molecule has 0 saturated carbocycles. The summed E-state index contributed by atoms with van der Waals surface area (Å²) in [5.41, 5.74) is 3.55. The van der Waals surface area contributed by atoms with Gasteiger partial charge in [-0.25, -0.2) is 9.97 Å². The van der Waals surface area contributed by atoms with Gasteiger partial charge >= 0.3 is 0 Å². The summed E-state index contributed by atoms with van der Waals surface area (Å²) >= 11 is 0. The van der Waals surface area contributed by atoms with Crippen molar-refractivity contribution in [1.29, 1.82) is 0 Å². The fraction of sp³-hybridized carbons (Fsp3) is 0.111. The van der Waals surface area contributed by atoms with Gasteiger partial charge in [0, 0.05) is 17.1 Å². The Labute approximate surface area is 138 Å². The second kappa shape index (κ2) is 5.73. The zero-order valence-corrected chi connectivity index (χ0v) is 13.3. The van der Waals surface area contributed by atoms with Gasteiger partial charge in [0.2, 0.25) is 0 Å². The van der Waals surface area contributed by atoms with E-state index in [0.29, 0.717) is 11.5 Å². The Balaban J connectivity index is 1.91. The number of benzene rings is 2. The number of hydrogen-bond acceptors (Lipinski definition) is 5. The Hall–Kier alpha value is -3.28. The minimum atomic E-state index is 0.669. The molecule has 2 heterocycles. The average Bonchev–Trinajstić information content (AvgIpc) is 3.00. The number of aromatic amines is 1. The highest BCUT2D eigenvalue weighted by Crippen LogP contribution is 2.36. The van der Waals surface area contributed by atoms with Crippen molar-refractivity contribution in [2.45, 2.75) is 0 Å². The molecule has 0 aliphatic heterocycles. The molecule has 0 amide bonds. The van der Waals surface area contributed by atoms with E-state index in [-0.39, 0.29) is 0 Å². The third-order valence-electron chi connectivity index (χ3n) is 3.92. The van der Waals surface area contributed by atoms with Gasteiger partial charge < -0.3 is 19.8 Å². The molecule has 4 rings (SSSR count).